The number of hydrogen-bond donors (Lipinski definition) is 1. The van der Waals surface area contributed by atoms with Crippen molar-refractivity contribution >= 4 is 10.9 Å². The average Bonchev–Trinajstić information content (AvgIpc) is 3.23. The van der Waals surface area contributed by atoms with Crippen LogP contribution in [0.25, 0.3) is 10.9 Å². The molecule has 1 N–H and O–H groups in total. The largest absolute Gasteiger partial charge is 0.312 e. The van der Waals surface area contributed by atoms with E-state index < -0.39 is 0 Å². The van der Waals surface area contributed by atoms with Gasteiger partial charge in [-0.2, -0.15) is 0 Å². The minimum absolute atomic E-state index is 0.398. The van der Waals surface area contributed by atoms with Crippen LogP contribution in [0.1, 0.15) is 37.4 Å². The Morgan fingerprint density at radius 3 is 2.83 bits per heavy atom. The van der Waals surface area contributed by atoms with E-state index in [0.717, 1.165) is 11.4 Å². The highest BCUT2D eigenvalue weighted by Gasteiger charge is 2.23. The van der Waals surface area contributed by atoms with Crippen LogP contribution < -0.4 is 5.32 Å². The third kappa shape index (κ3) is 2.54. The normalized spacial score (nSPS) is 16.9. The van der Waals surface area contributed by atoms with Gasteiger partial charge < -0.3 is 5.32 Å². The number of nitrogens with one attached hydrogen (secondary N) is 1. The maximum atomic E-state index is 4.78. The van der Waals surface area contributed by atoms with Crippen LogP contribution in [0.4, 0.5) is 0 Å². The van der Waals surface area contributed by atoms with Crippen molar-refractivity contribution in [2.24, 2.45) is 5.92 Å². The molecule has 0 radical (unpaired) electrons. The van der Waals surface area contributed by atoms with Crippen molar-refractivity contribution in [1.82, 2.24) is 10.3 Å². The second kappa shape index (κ2) is 5.07. The Morgan fingerprint density at radius 1 is 1.22 bits per heavy atom. The highest BCUT2D eigenvalue weighted by atomic mass is 14.9. The first-order valence-electron chi connectivity index (χ1n) is 6.90. The quantitative estimate of drug-likeness (QED) is 0.862. The van der Waals surface area contributed by atoms with Crippen LogP contribution >= 0.6 is 0 Å². The predicted molar refractivity (Wildman–Crippen MR) is 75.5 cm³/mol. The van der Waals surface area contributed by atoms with Crippen LogP contribution in [0.2, 0.25) is 0 Å². The summed E-state index contributed by atoms with van der Waals surface area (Å²) in [6.07, 6.45) is 5.40. The first-order valence-corrected chi connectivity index (χ1v) is 6.90. The molecule has 1 unspecified atom stereocenters. The van der Waals surface area contributed by atoms with E-state index in [9.17, 15) is 0 Å². The molecule has 1 aliphatic rings. The summed E-state index contributed by atoms with van der Waals surface area (Å²) in [7, 11) is 2.04. The van der Waals surface area contributed by atoms with Gasteiger partial charge in [0, 0.05) is 11.4 Å². The summed E-state index contributed by atoms with van der Waals surface area (Å²) in [5.41, 5.74) is 2.28. The molecule has 0 amide bonds. The summed E-state index contributed by atoms with van der Waals surface area (Å²) in [4.78, 5) is 4.78. The van der Waals surface area contributed by atoms with Gasteiger partial charge in [-0.05, 0) is 37.9 Å². The van der Waals surface area contributed by atoms with E-state index in [-0.39, 0.29) is 0 Å². The van der Waals surface area contributed by atoms with Crippen molar-refractivity contribution < 1.29 is 0 Å². The fourth-order valence-electron chi connectivity index (χ4n) is 2.52. The highest BCUT2D eigenvalue weighted by Crippen LogP contribution is 2.35. The Hall–Kier alpha value is -1.41. The summed E-state index contributed by atoms with van der Waals surface area (Å²) in [6, 6.07) is 13.1. The van der Waals surface area contributed by atoms with Gasteiger partial charge in [0.25, 0.3) is 0 Å². The van der Waals surface area contributed by atoms with E-state index in [0.29, 0.717) is 6.04 Å². The molecule has 0 aliphatic heterocycles. The maximum Gasteiger partial charge on any atom is 0.0706 e. The molecule has 0 bridgehead atoms. The third-order valence-electron chi connectivity index (χ3n) is 3.89. The molecule has 94 valence electrons. The molecule has 1 aromatic heterocycles. The molecular formula is C16H20N2. The number of nitrogens with zero attached hydrogens (tertiary/aromatic N) is 1. The summed E-state index contributed by atoms with van der Waals surface area (Å²) in [5, 5.41) is 4.62. The highest BCUT2D eigenvalue weighted by molar-refractivity contribution is 5.78. The molecule has 3 rings (SSSR count). The minimum atomic E-state index is 0.398. The van der Waals surface area contributed by atoms with Crippen LogP contribution in [-0.4, -0.2) is 12.0 Å². The number of aromatic nitrogens is 1. The topological polar surface area (TPSA) is 24.9 Å². The molecule has 2 nitrogen and oxygen atoms in total. The molecule has 1 fully saturated rings. The van der Waals surface area contributed by atoms with E-state index >= 15 is 0 Å². The van der Waals surface area contributed by atoms with Crippen LogP contribution in [0.3, 0.4) is 0 Å². The average molecular weight is 240 g/mol. The zero-order valence-corrected chi connectivity index (χ0v) is 10.9. The summed E-state index contributed by atoms with van der Waals surface area (Å²) in [6.45, 7) is 0. The molecule has 1 aromatic carbocycles. The molecule has 1 aliphatic carbocycles. The summed E-state index contributed by atoms with van der Waals surface area (Å²) >= 11 is 0. The van der Waals surface area contributed by atoms with E-state index in [4.69, 9.17) is 4.98 Å². The monoisotopic (exact) mass is 240 g/mol. The molecular weight excluding hydrogens is 220 g/mol. The van der Waals surface area contributed by atoms with Gasteiger partial charge in [-0.15, -0.1) is 0 Å². The number of hydrogen-bond acceptors (Lipinski definition) is 2. The van der Waals surface area contributed by atoms with E-state index in [1.54, 1.807) is 0 Å². The molecule has 1 atom stereocenters. The lowest BCUT2D eigenvalue weighted by Gasteiger charge is -2.16. The molecule has 18 heavy (non-hydrogen) atoms. The third-order valence-corrected chi connectivity index (χ3v) is 3.89. The molecule has 1 heterocycles. The van der Waals surface area contributed by atoms with Gasteiger partial charge in [0.1, 0.15) is 0 Å². The SMILES string of the molecule is CNC(CCC1CC1)c1ccc2ccccc2n1. The standard InChI is InChI=1S/C16H20N2/c1-17-15(10-8-12-6-7-12)16-11-9-13-4-2-3-5-14(13)18-16/h2-5,9,11-12,15,17H,6-8,10H2,1H3. The van der Waals surface area contributed by atoms with Crippen molar-refractivity contribution in [2.75, 3.05) is 7.05 Å². The van der Waals surface area contributed by atoms with Gasteiger partial charge in [0.2, 0.25) is 0 Å². The van der Waals surface area contributed by atoms with E-state index in [2.05, 4.69) is 41.7 Å². The van der Waals surface area contributed by atoms with Gasteiger partial charge in [-0.25, -0.2) is 0 Å². The lowest BCUT2D eigenvalue weighted by atomic mass is 10.0. The zero-order valence-electron chi connectivity index (χ0n) is 10.9. The lowest BCUT2D eigenvalue weighted by Crippen LogP contribution is -2.17. The van der Waals surface area contributed by atoms with Crippen molar-refractivity contribution in [1.29, 1.82) is 0 Å². The van der Waals surface area contributed by atoms with Crippen molar-refractivity contribution in [2.45, 2.75) is 31.7 Å². The van der Waals surface area contributed by atoms with Crippen molar-refractivity contribution in [3.8, 4) is 0 Å². The number of benzene rings is 1. The Kier molecular flexibility index (Phi) is 3.28. The number of pyridine rings is 1. The maximum absolute atomic E-state index is 4.78. The predicted octanol–water partition coefficient (Wildman–Crippen LogP) is 3.69. The fourth-order valence-corrected chi connectivity index (χ4v) is 2.52. The van der Waals surface area contributed by atoms with Gasteiger partial charge in [-0.1, -0.05) is 37.1 Å². The molecule has 1 saturated carbocycles. The van der Waals surface area contributed by atoms with Crippen LogP contribution in [0.5, 0.6) is 0 Å². The Labute approximate surface area is 108 Å². The van der Waals surface area contributed by atoms with Gasteiger partial charge >= 0.3 is 0 Å². The second-order valence-electron chi connectivity index (χ2n) is 5.29. The summed E-state index contributed by atoms with van der Waals surface area (Å²) < 4.78 is 0. The van der Waals surface area contributed by atoms with Crippen LogP contribution in [-0.2, 0) is 0 Å². The molecule has 0 saturated heterocycles. The fraction of sp³-hybridized carbons (Fsp3) is 0.438. The zero-order chi connectivity index (χ0) is 12.4. The van der Waals surface area contributed by atoms with Gasteiger partial charge in [0.05, 0.1) is 11.2 Å². The van der Waals surface area contributed by atoms with E-state index in [1.807, 2.05) is 7.05 Å². The summed E-state index contributed by atoms with van der Waals surface area (Å²) in [5.74, 6) is 0.987. The Balaban J connectivity index is 1.81. The minimum Gasteiger partial charge on any atom is -0.312 e. The van der Waals surface area contributed by atoms with E-state index in [1.165, 1.54) is 36.8 Å². The Morgan fingerprint density at radius 2 is 2.06 bits per heavy atom. The molecule has 2 heteroatoms. The van der Waals surface area contributed by atoms with Crippen molar-refractivity contribution in [3.05, 3.63) is 42.1 Å². The second-order valence-corrected chi connectivity index (χ2v) is 5.29. The first-order chi connectivity index (χ1) is 8.86. The Bertz CT molecular complexity index is 531. The van der Waals surface area contributed by atoms with Gasteiger partial charge in [-0.3, -0.25) is 4.98 Å². The van der Waals surface area contributed by atoms with Crippen molar-refractivity contribution in [3.63, 3.8) is 0 Å². The number of fused-ring (bicyclic) bond motifs is 1. The first kappa shape index (κ1) is 11.7. The molecule has 2 aromatic rings. The lowest BCUT2D eigenvalue weighted by molar-refractivity contribution is 0.497. The van der Waals surface area contributed by atoms with Gasteiger partial charge in [0.15, 0.2) is 0 Å². The number of rotatable bonds is 5. The molecule has 0 spiro atoms. The van der Waals surface area contributed by atoms with Crippen LogP contribution in [0, 0.1) is 5.92 Å². The smallest absolute Gasteiger partial charge is 0.0706 e. The number of para-hydroxylation sites is 1. The van der Waals surface area contributed by atoms with Crippen LogP contribution in [0.15, 0.2) is 36.4 Å².